The predicted octanol–water partition coefficient (Wildman–Crippen LogP) is 3.56. The van der Waals surface area contributed by atoms with Crippen molar-refractivity contribution in [2.24, 2.45) is 0 Å². The third kappa shape index (κ3) is 2.97. The molecule has 142 valence electrons. The van der Waals surface area contributed by atoms with Gasteiger partial charge in [-0.2, -0.15) is 0 Å². The van der Waals surface area contributed by atoms with Gasteiger partial charge in [-0.05, 0) is 30.3 Å². The van der Waals surface area contributed by atoms with Crippen molar-refractivity contribution in [1.29, 1.82) is 0 Å². The van der Waals surface area contributed by atoms with E-state index in [2.05, 4.69) is 10.2 Å². The quantitative estimate of drug-likeness (QED) is 0.509. The highest BCUT2D eigenvalue weighted by molar-refractivity contribution is 6.30. The van der Waals surface area contributed by atoms with Gasteiger partial charge in [0.1, 0.15) is 18.2 Å². The summed E-state index contributed by atoms with van der Waals surface area (Å²) in [6, 6.07) is 9.08. The van der Waals surface area contributed by atoms with Gasteiger partial charge in [-0.3, -0.25) is 4.57 Å². The van der Waals surface area contributed by atoms with Crippen LogP contribution < -0.4 is 14.2 Å². The van der Waals surface area contributed by atoms with Crippen LogP contribution in [0.3, 0.4) is 0 Å². The van der Waals surface area contributed by atoms with E-state index in [0.717, 1.165) is 5.56 Å². The first-order valence-corrected chi connectivity index (χ1v) is 8.65. The summed E-state index contributed by atoms with van der Waals surface area (Å²) in [5.74, 6) is 2.48. The van der Waals surface area contributed by atoms with Crippen LogP contribution in [0.15, 0.2) is 43.0 Å². The number of ether oxygens (including phenoxy) is 3. The summed E-state index contributed by atoms with van der Waals surface area (Å²) in [5, 5.41) is 9.11. The van der Waals surface area contributed by atoms with Gasteiger partial charge in [0, 0.05) is 10.6 Å². The van der Waals surface area contributed by atoms with Crippen molar-refractivity contribution in [2.75, 3.05) is 21.3 Å². The molecule has 0 N–H and O–H groups in total. The molecule has 0 atom stereocenters. The van der Waals surface area contributed by atoms with Gasteiger partial charge < -0.3 is 14.2 Å². The number of benzene rings is 2. The van der Waals surface area contributed by atoms with E-state index in [4.69, 9.17) is 35.8 Å². The Balaban J connectivity index is 2.10. The van der Waals surface area contributed by atoms with E-state index in [0.29, 0.717) is 44.8 Å². The molecule has 9 heteroatoms. The van der Waals surface area contributed by atoms with Crippen molar-refractivity contribution in [2.45, 2.75) is 0 Å². The molecule has 0 saturated carbocycles. The fourth-order valence-corrected chi connectivity index (χ4v) is 3.07. The molecule has 0 aliphatic heterocycles. The summed E-state index contributed by atoms with van der Waals surface area (Å²) in [5.41, 5.74) is 1.38. The zero-order valence-corrected chi connectivity index (χ0v) is 16.1. The lowest BCUT2D eigenvalue weighted by Gasteiger charge is -2.16. The first-order chi connectivity index (χ1) is 13.7. The van der Waals surface area contributed by atoms with E-state index >= 15 is 0 Å². The normalized spacial score (nSPS) is 10.9. The Bertz CT molecular complexity index is 1130. The monoisotopic (exact) mass is 397 g/mol. The molecule has 2 aromatic heterocycles. The van der Waals surface area contributed by atoms with E-state index in [1.54, 1.807) is 56.8 Å². The summed E-state index contributed by atoms with van der Waals surface area (Å²) in [4.78, 5) is 9.46. The average molecular weight is 398 g/mol. The lowest BCUT2D eigenvalue weighted by Crippen LogP contribution is -2.04. The molecular weight excluding hydrogens is 382 g/mol. The Morgan fingerprint density at radius 2 is 1.54 bits per heavy atom. The molecule has 2 aromatic carbocycles. The highest BCUT2D eigenvalue weighted by Crippen LogP contribution is 2.44. The molecule has 0 unspecified atom stereocenters. The molecule has 0 saturated heterocycles. The van der Waals surface area contributed by atoms with Crippen LogP contribution in [0.1, 0.15) is 0 Å². The first-order valence-electron chi connectivity index (χ1n) is 8.28. The van der Waals surface area contributed by atoms with Gasteiger partial charge in [0.15, 0.2) is 23.1 Å². The summed E-state index contributed by atoms with van der Waals surface area (Å²) in [6.45, 7) is 0. The maximum absolute atomic E-state index is 6.02. The Hall–Kier alpha value is -3.39. The Kier molecular flexibility index (Phi) is 4.70. The molecule has 0 aliphatic carbocycles. The Morgan fingerprint density at radius 3 is 2.14 bits per heavy atom. The van der Waals surface area contributed by atoms with Crippen LogP contribution in [-0.2, 0) is 0 Å². The average Bonchev–Trinajstić information content (AvgIpc) is 3.26. The predicted molar refractivity (Wildman–Crippen MR) is 105 cm³/mol. The molecule has 0 aliphatic rings. The number of fused-ring (bicyclic) bond motifs is 1. The summed E-state index contributed by atoms with van der Waals surface area (Å²) < 4.78 is 18.3. The number of aromatic nitrogens is 5. The number of nitrogens with zero attached hydrogens (tertiary/aromatic N) is 5. The van der Waals surface area contributed by atoms with Gasteiger partial charge in [0.2, 0.25) is 5.75 Å². The van der Waals surface area contributed by atoms with Crippen molar-refractivity contribution >= 4 is 22.5 Å². The molecule has 0 amide bonds. The van der Waals surface area contributed by atoms with E-state index in [9.17, 15) is 0 Å². The minimum atomic E-state index is 0.448. The zero-order valence-electron chi connectivity index (χ0n) is 15.4. The molecule has 2 heterocycles. The maximum atomic E-state index is 6.02. The smallest absolute Gasteiger partial charge is 0.205 e. The second kappa shape index (κ2) is 7.32. The van der Waals surface area contributed by atoms with Crippen LogP contribution in [0, 0.1) is 0 Å². The summed E-state index contributed by atoms with van der Waals surface area (Å²) >= 11 is 6.02. The molecule has 4 rings (SSSR count). The maximum Gasteiger partial charge on any atom is 0.205 e. The van der Waals surface area contributed by atoms with Crippen molar-refractivity contribution in [1.82, 2.24) is 24.7 Å². The number of hydrogen-bond acceptors (Lipinski definition) is 7. The van der Waals surface area contributed by atoms with Crippen molar-refractivity contribution < 1.29 is 14.2 Å². The molecular formula is C19H16ClN5O3. The molecule has 0 spiro atoms. The first kappa shape index (κ1) is 18.0. The second-order valence-corrected chi connectivity index (χ2v) is 6.22. The number of methoxy groups -OCH3 is 3. The SMILES string of the molecule is COc1cc2c(-n3cnnc3)nc(-c3ccc(Cl)cc3)nc2c(OC)c1OC. The lowest BCUT2D eigenvalue weighted by molar-refractivity contribution is 0.327. The zero-order chi connectivity index (χ0) is 19.7. The number of halogens is 1. The molecule has 0 fully saturated rings. The van der Waals surface area contributed by atoms with Crippen LogP contribution in [0.5, 0.6) is 17.2 Å². The fourth-order valence-electron chi connectivity index (χ4n) is 2.95. The van der Waals surface area contributed by atoms with Gasteiger partial charge in [0.25, 0.3) is 0 Å². The Labute approximate surface area is 165 Å². The highest BCUT2D eigenvalue weighted by Gasteiger charge is 2.22. The van der Waals surface area contributed by atoms with Crippen LogP contribution >= 0.6 is 11.6 Å². The number of rotatable bonds is 5. The van der Waals surface area contributed by atoms with Crippen LogP contribution in [0.2, 0.25) is 5.02 Å². The van der Waals surface area contributed by atoms with E-state index in [-0.39, 0.29) is 0 Å². The van der Waals surface area contributed by atoms with Crippen LogP contribution in [0.4, 0.5) is 0 Å². The van der Waals surface area contributed by atoms with E-state index in [1.807, 2.05) is 12.1 Å². The standard InChI is InChI=1S/C19H16ClN5O3/c1-26-14-8-13-15(17(28-3)16(14)27-2)23-18(11-4-6-12(20)7-5-11)24-19(13)25-9-21-22-10-25/h4-10H,1-3H3. The van der Waals surface area contributed by atoms with Crippen LogP contribution in [0.25, 0.3) is 28.1 Å². The van der Waals surface area contributed by atoms with Gasteiger partial charge in [0.05, 0.1) is 26.7 Å². The fraction of sp³-hybridized carbons (Fsp3) is 0.158. The minimum Gasteiger partial charge on any atom is -0.493 e. The molecule has 0 radical (unpaired) electrons. The largest absolute Gasteiger partial charge is 0.493 e. The molecule has 4 aromatic rings. The van der Waals surface area contributed by atoms with Crippen molar-refractivity contribution in [3.8, 4) is 34.5 Å². The van der Waals surface area contributed by atoms with E-state index in [1.165, 1.54) is 0 Å². The van der Waals surface area contributed by atoms with Gasteiger partial charge >= 0.3 is 0 Å². The van der Waals surface area contributed by atoms with Gasteiger partial charge in [-0.15, -0.1) is 10.2 Å². The van der Waals surface area contributed by atoms with Crippen molar-refractivity contribution in [3.63, 3.8) is 0 Å². The third-order valence-corrected chi connectivity index (χ3v) is 4.49. The van der Waals surface area contributed by atoms with Gasteiger partial charge in [-0.25, -0.2) is 9.97 Å². The number of hydrogen-bond donors (Lipinski definition) is 0. The highest BCUT2D eigenvalue weighted by atomic mass is 35.5. The van der Waals surface area contributed by atoms with Crippen molar-refractivity contribution in [3.05, 3.63) is 48.0 Å². The van der Waals surface area contributed by atoms with E-state index < -0.39 is 0 Å². The van der Waals surface area contributed by atoms with Gasteiger partial charge in [-0.1, -0.05) is 11.6 Å². The second-order valence-electron chi connectivity index (χ2n) is 5.79. The molecule has 28 heavy (non-hydrogen) atoms. The Morgan fingerprint density at radius 1 is 0.857 bits per heavy atom. The summed E-state index contributed by atoms with van der Waals surface area (Å²) in [6.07, 6.45) is 3.13. The summed E-state index contributed by atoms with van der Waals surface area (Å²) in [7, 11) is 4.66. The third-order valence-electron chi connectivity index (χ3n) is 4.24. The molecule has 0 bridgehead atoms. The lowest BCUT2D eigenvalue weighted by atomic mass is 10.1. The van der Waals surface area contributed by atoms with Crippen LogP contribution in [-0.4, -0.2) is 46.1 Å². The minimum absolute atomic E-state index is 0.448. The topological polar surface area (TPSA) is 84.2 Å². The molecule has 8 nitrogen and oxygen atoms in total.